The highest BCUT2D eigenvalue weighted by Crippen LogP contribution is 2.24. The van der Waals surface area contributed by atoms with E-state index in [9.17, 15) is 4.79 Å². The van der Waals surface area contributed by atoms with Gasteiger partial charge in [0.2, 0.25) is 0 Å². The van der Waals surface area contributed by atoms with Crippen LogP contribution in [0.2, 0.25) is 0 Å². The topological polar surface area (TPSA) is 59.8 Å². The summed E-state index contributed by atoms with van der Waals surface area (Å²) >= 11 is 0. The summed E-state index contributed by atoms with van der Waals surface area (Å²) in [7, 11) is 0. The minimum absolute atomic E-state index is 0.142. The van der Waals surface area contributed by atoms with E-state index in [4.69, 9.17) is 0 Å². The van der Waals surface area contributed by atoms with Gasteiger partial charge in [0.05, 0.1) is 34.7 Å². The van der Waals surface area contributed by atoms with Crippen molar-refractivity contribution in [2.45, 2.75) is 34.2 Å². The molecule has 0 saturated carbocycles. The third-order valence-electron chi connectivity index (χ3n) is 5.13. The predicted molar refractivity (Wildman–Crippen MR) is 116 cm³/mol. The average Bonchev–Trinajstić information content (AvgIpc) is 2.96. The van der Waals surface area contributed by atoms with E-state index in [1.807, 2.05) is 74.8 Å². The van der Waals surface area contributed by atoms with Gasteiger partial charge in [0.15, 0.2) is 0 Å². The van der Waals surface area contributed by atoms with E-state index in [-0.39, 0.29) is 5.91 Å². The molecule has 4 rings (SSSR count). The molecular weight excluding hydrogens is 360 g/mol. The fourth-order valence-corrected chi connectivity index (χ4v) is 3.63. The molecule has 5 nitrogen and oxygen atoms in total. The van der Waals surface area contributed by atoms with Crippen LogP contribution in [0.1, 0.15) is 38.6 Å². The van der Waals surface area contributed by atoms with E-state index in [0.29, 0.717) is 12.1 Å². The molecule has 2 aromatic carbocycles. The summed E-state index contributed by atoms with van der Waals surface area (Å²) in [5.41, 5.74) is 7.05. The molecule has 0 radical (unpaired) electrons. The molecule has 1 amide bonds. The van der Waals surface area contributed by atoms with Crippen molar-refractivity contribution in [1.29, 1.82) is 0 Å². The Kier molecular flexibility index (Phi) is 4.89. The molecule has 0 aliphatic carbocycles. The SMILES string of the molecule is Cc1ccc2nc(C)cc(C(=O)Nc3c(C)nn(Cc4ccccc4)c3C)c2c1. The van der Waals surface area contributed by atoms with Gasteiger partial charge in [0, 0.05) is 11.1 Å². The van der Waals surface area contributed by atoms with Crippen LogP contribution < -0.4 is 5.32 Å². The number of amides is 1. The summed E-state index contributed by atoms with van der Waals surface area (Å²) in [6.45, 7) is 8.50. The minimum atomic E-state index is -0.142. The maximum absolute atomic E-state index is 13.2. The van der Waals surface area contributed by atoms with Crippen LogP contribution in [0.25, 0.3) is 10.9 Å². The first-order valence-corrected chi connectivity index (χ1v) is 9.69. The fraction of sp³-hybridized carbons (Fsp3) is 0.208. The van der Waals surface area contributed by atoms with Crippen LogP contribution in [-0.4, -0.2) is 20.7 Å². The number of benzene rings is 2. The summed E-state index contributed by atoms with van der Waals surface area (Å²) in [6.07, 6.45) is 0. The third kappa shape index (κ3) is 3.76. The van der Waals surface area contributed by atoms with Gasteiger partial charge in [-0.1, -0.05) is 42.0 Å². The maximum Gasteiger partial charge on any atom is 0.256 e. The predicted octanol–water partition coefficient (Wildman–Crippen LogP) is 4.97. The second-order valence-corrected chi connectivity index (χ2v) is 7.47. The first-order chi connectivity index (χ1) is 13.9. The molecule has 2 heterocycles. The van der Waals surface area contributed by atoms with Crippen molar-refractivity contribution in [3.05, 3.63) is 88.4 Å². The highest BCUT2D eigenvalue weighted by Gasteiger charge is 2.18. The number of carbonyl (C=O) groups is 1. The van der Waals surface area contributed by atoms with E-state index < -0.39 is 0 Å². The number of anilines is 1. The zero-order chi connectivity index (χ0) is 20.5. The van der Waals surface area contributed by atoms with Gasteiger partial charge in [-0.25, -0.2) is 0 Å². The maximum atomic E-state index is 13.2. The number of aromatic nitrogens is 3. The third-order valence-corrected chi connectivity index (χ3v) is 5.13. The Balaban J connectivity index is 1.67. The second kappa shape index (κ2) is 7.51. The van der Waals surface area contributed by atoms with Crippen molar-refractivity contribution in [3.63, 3.8) is 0 Å². The normalized spacial score (nSPS) is 11.0. The number of pyridine rings is 1. The number of rotatable bonds is 4. The second-order valence-electron chi connectivity index (χ2n) is 7.47. The van der Waals surface area contributed by atoms with E-state index >= 15 is 0 Å². The Labute approximate surface area is 170 Å². The summed E-state index contributed by atoms with van der Waals surface area (Å²) in [4.78, 5) is 17.7. The van der Waals surface area contributed by atoms with Crippen molar-refractivity contribution in [3.8, 4) is 0 Å². The van der Waals surface area contributed by atoms with Crippen LogP contribution in [0, 0.1) is 27.7 Å². The first-order valence-electron chi connectivity index (χ1n) is 9.69. The molecule has 0 bridgehead atoms. The molecule has 29 heavy (non-hydrogen) atoms. The molecule has 146 valence electrons. The standard InChI is InChI=1S/C24H24N4O/c1-15-10-11-22-20(12-15)21(13-16(2)25-22)24(29)26-23-17(3)27-28(18(23)4)14-19-8-6-5-7-9-19/h5-13H,14H2,1-4H3,(H,26,29). The van der Waals surface area contributed by atoms with Gasteiger partial charge in [0.25, 0.3) is 5.91 Å². The Hall–Kier alpha value is -3.47. The molecular formula is C24H24N4O. The van der Waals surface area contributed by atoms with Gasteiger partial charge < -0.3 is 5.32 Å². The summed E-state index contributed by atoms with van der Waals surface area (Å²) < 4.78 is 1.93. The molecule has 0 spiro atoms. The van der Waals surface area contributed by atoms with Crippen LogP contribution >= 0.6 is 0 Å². The molecule has 4 aromatic rings. The van der Waals surface area contributed by atoms with Gasteiger partial charge in [0.1, 0.15) is 0 Å². The van der Waals surface area contributed by atoms with Crippen LogP contribution in [0.3, 0.4) is 0 Å². The fourth-order valence-electron chi connectivity index (χ4n) is 3.63. The lowest BCUT2D eigenvalue weighted by Gasteiger charge is -2.10. The first kappa shape index (κ1) is 18.9. The van der Waals surface area contributed by atoms with Crippen molar-refractivity contribution in [2.24, 2.45) is 0 Å². The van der Waals surface area contributed by atoms with Crippen LogP contribution in [0.5, 0.6) is 0 Å². The van der Waals surface area contributed by atoms with E-state index in [1.165, 1.54) is 5.56 Å². The lowest BCUT2D eigenvalue weighted by Crippen LogP contribution is -2.14. The van der Waals surface area contributed by atoms with E-state index in [2.05, 4.69) is 27.5 Å². The number of hydrogen-bond donors (Lipinski definition) is 1. The van der Waals surface area contributed by atoms with Crippen LogP contribution in [0.4, 0.5) is 5.69 Å². The zero-order valence-electron chi connectivity index (χ0n) is 17.2. The highest BCUT2D eigenvalue weighted by molar-refractivity contribution is 6.12. The van der Waals surface area contributed by atoms with Gasteiger partial charge in [-0.3, -0.25) is 14.5 Å². The minimum Gasteiger partial charge on any atom is -0.319 e. The number of aryl methyl sites for hydroxylation is 3. The molecule has 1 N–H and O–H groups in total. The van der Waals surface area contributed by atoms with Crippen molar-refractivity contribution in [2.75, 3.05) is 5.32 Å². The highest BCUT2D eigenvalue weighted by atomic mass is 16.1. The zero-order valence-corrected chi connectivity index (χ0v) is 17.2. The van der Waals surface area contributed by atoms with E-state index in [0.717, 1.165) is 39.2 Å². The lowest BCUT2D eigenvalue weighted by atomic mass is 10.0. The smallest absolute Gasteiger partial charge is 0.256 e. The van der Waals surface area contributed by atoms with Crippen molar-refractivity contribution >= 4 is 22.5 Å². The molecule has 0 atom stereocenters. The molecule has 5 heteroatoms. The van der Waals surface area contributed by atoms with Crippen LogP contribution in [0.15, 0.2) is 54.6 Å². The Bertz CT molecular complexity index is 1210. The molecule has 0 unspecified atom stereocenters. The van der Waals surface area contributed by atoms with E-state index in [1.54, 1.807) is 0 Å². The monoisotopic (exact) mass is 384 g/mol. The Morgan fingerprint density at radius 3 is 2.52 bits per heavy atom. The number of hydrogen-bond acceptors (Lipinski definition) is 3. The number of fused-ring (bicyclic) bond motifs is 1. The average molecular weight is 384 g/mol. The van der Waals surface area contributed by atoms with Gasteiger partial charge in [-0.05, 0) is 51.5 Å². The quantitative estimate of drug-likeness (QED) is 0.541. The summed E-state index contributed by atoms with van der Waals surface area (Å²) in [6, 6.07) is 18.0. The van der Waals surface area contributed by atoms with Gasteiger partial charge in [-0.15, -0.1) is 0 Å². The number of carbonyl (C=O) groups excluding carboxylic acids is 1. The van der Waals surface area contributed by atoms with Crippen molar-refractivity contribution < 1.29 is 4.79 Å². The molecule has 0 aliphatic rings. The summed E-state index contributed by atoms with van der Waals surface area (Å²) in [5.74, 6) is -0.142. The number of nitrogens with one attached hydrogen (secondary N) is 1. The van der Waals surface area contributed by atoms with Crippen molar-refractivity contribution in [1.82, 2.24) is 14.8 Å². The molecule has 2 aromatic heterocycles. The van der Waals surface area contributed by atoms with Gasteiger partial charge >= 0.3 is 0 Å². The number of nitrogens with zero attached hydrogens (tertiary/aromatic N) is 3. The molecule has 0 fully saturated rings. The van der Waals surface area contributed by atoms with Gasteiger partial charge in [-0.2, -0.15) is 5.10 Å². The largest absolute Gasteiger partial charge is 0.319 e. The Morgan fingerprint density at radius 2 is 1.76 bits per heavy atom. The van der Waals surface area contributed by atoms with Crippen LogP contribution in [-0.2, 0) is 6.54 Å². The Morgan fingerprint density at radius 1 is 1.00 bits per heavy atom. The lowest BCUT2D eigenvalue weighted by molar-refractivity contribution is 0.102. The molecule has 0 aliphatic heterocycles. The molecule has 0 saturated heterocycles. The summed E-state index contributed by atoms with van der Waals surface area (Å²) in [5, 5.41) is 8.59.